The Morgan fingerprint density at radius 2 is 0.500 bits per heavy atom. The molecule has 0 amide bonds. The third-order valence-electron chi connectivity index (χ3n) is 2.73. The molecule has 0 aromatic heterocycles. The van der Waals surface area contributed by atoms with Crippen LogP contribution in [0, 0.1) is 0 Å². The van der Waals surface area contributed by atoms with E-state index in [1.54, 1.807) is 0 Å². The molecule has 1 unspecified atom stereocenters. The Labute approximate surface area is 135 Å². The number of thiol groups is 1. The first-order valence-corrected chi connectivity index (χ1v) is 5.63. The summed E-state index contributed by atoms with van der Waals surface area (Å²) in [7, 11) is 0. The lowest BCUT2D eigenvalue weighted by molar-refractivity contribution is -0.432. The van der Waals surface area contributed by atoms with Gasteiger partial charge in [0.2, 0.25) is 0 Å². The maximum absolute atomic E-state index is 13.3. The molecule has 0 rings (SSSR count). The highest BCUT2D eigenvalue weighted by Crippen LogP contribution is 2.64. The Morgan fingerprint density at radius 3 is 0.731 bits per heavy atom. The molecule has 0 N–H and O–H groups in total. The quantitative estimate of drug-likeness (QED) is 0.391. The minimum atomic E-state index is -8.26. The Hall–Kier alpha value is -0.840. The second-order valence-electron chi connectivity index (χ2n) is 4.49. The largest absolute Gasteiger partial charge is 0.460 e. The highest BCUT2D eigenvalue weighted by Gasteiger charge is 2.93. The summed E-state index contributed by atoms with van der Waals surface area (Å²) in [5, 5.41) is -7.53. The Balaban J connectivity index is 6.61. The van der Waals surface area contributed by atoms with Crippen LogP contribution in [0.1, 0.15) is 0 Å². The molecule has 0 aliphatic carbocycles. The molecule has 0 spiro atoms. The molecule has 0 fully saturated rings. The third kappa shape index (κ3) is 2.94. The van der Waals surface area contributed by atoms with Crippen LogP contribution in [-0.4, -0.2) is 47.0 Å². The van der Waals surface area contributed by atoms with Gasteiger partial charge in [0.25, 0.3) is 5.00 Å². The van der Waals surface area contributed by atoms with E-state index in [1.807, 2.05) is 0 Å². The van der Waals surface area contributed by atoms with Gasteiger partial charge in [-0.05, 0) is 0 Å². The average molecular weight is 452 g/mol. The van der Waals surface area contributed by atoms with Gasteiger partial charge in [0.05, 0.1) is 0 Å². The predicted octanol–water partition coefficient (Wildman–Crippen LogP) is 5.88. The lowest BCUT2D eigenvalue weighted by atomic mass is 9.92. The molecule has 0 aromatic carbocycles. The average Bonchev–Trinajstić information content (AvgIpc) is 2.34. The van der Waals surface area contributed by atoms with Gasteiger partial charge in [-0.15, -0.1) is 12.6 Å². The van der Waals surface area contributed by atoms with Crippen LogP contribution in [0.2, 0.25) is 0 Å². The lowest BCUT2D eigenvalue weighted by Gasteiger charge is -2.43. The van der Waals surface area contributed by atoms with Gasteiger partial charge in [0.15, 0.2) is 0 Å². The van der Waals surface area contributed by atoms with Crippen LogP contribution in [0.3, 0.4) is 0 Å². The summed E-state index contributed by atoms with van der Waals surface area (Å²) in [5.41, 5.74) is 0. The first-order valence-electron chi connectivity index (χ1n) is 5.19. The number of hydrogen-bond donors (Lipinski definition) is 1. The van der Waals surface area contributed by atoms with Crippen LogP contribution >= 0.6 is 12.6 Å². The highest BCUT2D eigenvalue weighted by molar-refractivity contribution is 7.81. The Morgan fingerprint density at radius 1 is 0.308 bits per heavy atom. The molecule has 0 saturated heterocycles. The van der Waals surface area contributed by atoms with E-state index >= 15 is 0 Å². The minimum Gasteiger partial charge on any atom is -0.218 e. The fraction of sp³-hybridized carbons (Fsp3) is 1.00. The summed E-state index contributed by atoms with van der Waals surface area (Å²) in [5.74, 6) is -40.5. The zero-order valence-corrected chi connectivity index (χ0v) is 11.8. The zero-order valence-electron chi connectivity index (χ0n) is 10.9. The van der Waals surface area contributed by atoms with Gasteiger partial charge in [-0.3, -0.25) is 0 Å². The summed E-state index contributed by atoms with van der Waals surface area (Å²) in [6.07, 6.45) is -15.3. The molecule has 0 aliphatic heterocycles. The standard InChI is InChI=1S/C8HF17S/c9-1(10,4(15,16)7(20,21)22)2(11,12)6(19,26)3(13,14)5(17,18)8(23,24)25/h26H. The summed E-state index contributed by atoms with van der Waals surface area (Å²) in [6.45, 7) is 0. The third-order valence-corrected chi connectivity index (χ3v) is 3.29. The summed E-state index contributed by atoms with van der Waals surface area (Å²) < 4.78 is 211. The number of rotatable bonds is 5. The molecular weight excluding hydrogens is 451 g/mol. The SMILES string of the molecule is FC(F)(F)C(F)(F)C(F)(F)C(F)(F)C(F)(S)C(F)(F)C(F)(F)C(F)(F)F. The van der Waals surface area contributed by atoms with Gasteiger partial charge in [0.1, 0.15) is 0 Å². The highest BCUT2D eigenvalue weighted by atomic mass is 32.1. The summed E-state index contributed by atoms with van der Waals surface area (Å²) in [4.78, 5) is 0. The molecule has 0 aliphatic rings. The second-order valence-corrected chi connectivity index (χ2v) is 5.11. The molecule has 0 heterocycles. The fourth-order valence-electron chi connectivity index (χ4n) is 1.17. The minimum absolute atomic E-state index is 1.17. The topological polar surface area (TPSA) is 0 Å². The number of hydrogen-bond acceptors (Lipinski definition) is 1. The molecule has 158 valence electrons. The predicted molar refractivity (Wildman–Crippen MR) is 49.7 cm³/mol. The lowest BCUT2D eigenvalue weighted by Crippen LogP contribution is -2.73. The van der Waals surface area contributed by atoms with Gasteiger partial charge in [-0.1, -0.05) is 0 Å². The van der Waals surface area contributed by atoms with Crippen LogP contribution in [-0.2, 0) is 0 Å². The molecular formula is C8HF17S. The van der Waals surface area contributed by atoms with Crippen molar-refractivity contribution in [2.24, 2.45) is 0 Å². The maximum atomic E-state index is 13.3. The van der Waals surface area contributed by atoms with Crippen molar-refractivity contribution in [1.29, 1.82) is 0 Å². The Bertz CT molecular complexity index is 474. The number of alkyl halides is 17. The molecule has 0 radical (unpaired) electrons. The van der Waals surface area contributed by atoms with E-state index in [2.05, 4.69) is 0 Å². The van der Waals surface area contributed by atoms with E-state index in [1.165, 1.54) is 12.6 Å². The van der Waals surface area contributed by atoms with Crippen molar-refractivity contribution in [3.05, 3.63) is 0 Å². The van der Waals surface area contributed by atoms with Crippen molar-refractivity contribution in [1.82, 2.24) is 0 Å². The van der Waals surface area contributed by atoms with Gasteiger partial charge in [0, 0.05) is 0 Å². The van der Waals surface area contributed by atoms with Gasteiger partial charge in [-0.25, -0.2) is 4.39 Å². The van der Waals surface area contributed by atoms with Crippen molar-refractivity contribution < 1.29 is 74.6 Å². The van der Waals surface area contributed by atoms with Crippen molar-refractivity contribution in [3.8, 4) is 0 Å². The van der Waals surface area contributed by atoms with Gasteiger partial charge >= 0.3 is 42.0 Å². The number of halogens is 17. The van der Waals surface area contributed by atoms with Gasteiger partial charge < -0.3 is 0 Å². The fourth-order valence-corrected chi connectivity index (χ4v) is 1.45. The van der Waals surface area contributed by atoms with Crippen molar-refractivity contribution in [2.75, 3.05) is 0 Å². The van der Waals surface area contributed by atoms with Crippen LogP contribution in [0.15, 0.2) is 0 Å². The first kappa shape index (κ1) is 25.2. The van der Waals surface area contributed by atoms with E-state index < -0.39 is 47.0 Å². The first-order chi connectivity index (χ1) is 10.8. The summed E-state index contributed by atoms with van der Waals surface area (Å²) >= 11 is 1.17. The zero-order chi connectivity index (χ0) is 22.0. The summed E-state index contributed by atoms with van der Waals surface area (Å²) in [6, 6.07) is 0. The van der Waals surface area contributed by atoms with Crippen LogP contribution < -0.4 is 0 Å². The van der Waals surface area contributed by atoms with Crippen molar-refractivity contribution >= 4 is 12.6 Å². The molecule has 1 atom stereocenters. The van der Waals surface area contributed by atoms with E-state index in [0.717, 1.165) is 0 Å². The van der Waals surface area contributed by atoms with Gasteiger partial charge in [-0.2, -0.15) is 70.2 Å². The van der Waals surface area contributed by atoms with Crippen LogP contribution in [0.25, 0.3) is 0 Å². The molecule has 18 heteroatoms. The van der Waals surface area contributed by atoms with Crippen LogP contribution in [0.5, 0.6) is 0 Å². The van der Waals surface area contributed by atoms with Crippen molar-refractivity contribution in [2.45, 2.75) is 47.0 Å². The molecule has 0 bridgehead atoms. The monoisotopic (exact) mass is 452 g/mol. The van der Waals surface area contributed by atoms with Crippen LogP contribution in [0.4, 0.5) is 74.6 Å². The Kier molecular flexibility index (Phi) is 5.64. The molecule has 0 saturated carbocycles. The van der Waals surface area contributed by atoms with E-state index in [4.69, 9.17) is 0 Å². The van der Waals surface area contributed by atoms with E-state index in [9.17, 15) is 74.6 Å². The molecule has 26 heavy (non-hydrogen) atoms. The van der Waals surface area contributed by atoms with E-state index in [-0.39, 0.29) is 0 Å². The normalized spacial score (nSPS) is 18.7. The molecule has 0 aromatic rings. The smallest absolute Gasteiger partial charge is 0.218 e. The second kappa shape index (κ2) is 5.83. The molecule has 0 nitrogen and oxygen atoms in total. The van der Waals surface area contributed by atoms with Crippen molar-refractivity contribution in [3.63, 3.8) is 0 Å². The van der Waals surface area contributed by atoms with E-state index in [0.29, 0.717) is 0 Å². The maximum Gasteiger partial charge on any atom is 0.460 e.